The number of benzene rings is 2. The Hall–Kier alpha value is -2.98. The molecule has 2 heterocycles. The molecule has 9 nitrogen and oxygen atoms in total. The molecule has 0 saturated heterocycles. The second-order valence-corrected chi connectivity index (χ2v) is 7.80. The highest BCUT2D eigenvalue weighted by Crippen LogP contribution is 2.32. The van der Waals surface area contributed by atoms with Crippen molar-refractivity contribution in [2.45, 2.75) is 17.4 Å². The smallest absolute Gasteiger partial charge is 0.279 e. The van der Waals surface area contributed by atoms with Gasteiger partial charge in [0.05, 0.1) is 18.1 Å². The summed E-state index contributed by atoms with van der Waals surface area (Å²) in [6.45, 7) is 0.899. The quantitative estimate of drug-likeness (QED) is 0.729. The van der Waals surface area contributed by atoms with Gasteiger partial charge in [-0.1, -0.05) is 12.1 Å². The summed E-state index contributed by atoms with van der Waals surface area (Å²) >= 11 is 0. The van der Waals surface area contributed by atoms with Gasteiger partial charge in [0.2, 0.25) is 6.10 Å². The summed E-state index contributed by atoms with van der Waals surface area (Å²) in [6.07, 6.45) is -0.279. The monoisotopic (exact) mass is 406 g/mol. The van der Waals surface area contributed by atoms with E-state index < -0.39 is 22.0 Å². The number of hydrogen-bond donors (Lipinski definition) is 2. The average Bonchev–Trinajstić information content (AvgIpc) is 2.96. The topological polar surface area (TPSA) is 112 Å². The Labute approximate surface area is 161 Å². The number of ether oxygens (including phenoxy) is 4. The van der Waals surface area contributed by atoms with Crippen LogP contribution >= 0.6 is 0 Å². The fraction of sp³-hybridized carbons (Fsp3) is 0.278. The summed E-state index contributed by atoms with van der Waals surface area (Å²) in [5.41, 5.74) is 2.16. The summed E-state index contributed by atoms with van der Waals surface area (Å²) in [5, 5.41) is 0. The average molecular weight is 406 g/mol. The van der Waals surface area contributed by atoms with Gasteiger partial charge in [0, 0.05) is 12.5 Å². The van der Waals surface area contributed by atoms with Crippen molar-refractivity contribution in [2.24, 2.45) is 0 Å². The maximum Gasteiger partial charge on any atom is 0.279 e. The Morgan fingerprint density at radius 1 is 0.929 bits per heavy atom. The molecule has 1 amide bonds. The van der Waals surface area contributed by atoms with Gasteiger partial charge in [-0.3, -0.25) is 10.2 Å². The number of hydrogen-bond acceptors (Lipinski definition) is 7. The highest BCUT2D eigenvalue weighted by atomic mass is 32.2. The molecule has 1 atom stereocenters. The first-order valence-electron chi connectivity index (χ1n) is 8.63. The minimum atomic E-state index is -4.01. The summed E-state index contributed by atoms with van der Waals surface area (Å²) < 4.78 is 47.0. The molecule has 2 aromatic rings. The number of hydrazine groups is 1. The zero-order valence-electron chi connectivity index (χ0n) is 14.7. The van der Waals surface area contributed by atoms with E-state index in [2.05, 4.69) is 10.3 Å². The maximum absolute atomic E-state index is 12.5. The van der Waals surface area contributed by atoms with Crippen LogP contribution in [0.2, 0.25) is 0 Å². The van der Waals surface area contributed by atoms with Crippen LogP contribution in [-0.2, 0) is 14.8 Å². The third-order valence-electron chi connectivity index (χ3n) is 4.14. The molecule has 0 spiro atoms. The molecule has 2 aliphatic heterocycles. The van der Waals surface area contributed by atoms with Gasteiger partial charge in [-0.2, -0.15) is 0 Å². The lowest BCUT2D eigenvalue weighted by molar-refractivity contribution is -0.130. The minimum Gasteiger partial charge on any atom is -0.490 e. The van der Waals surface area contributed by atoms with Gasteiger partial charge in [-0.15, -0.1) is 4.83 Å². The number of carbonyl (C=O) groups excluding carboxylic acids is 1. The van der Waals surface area contributed by atoms with Crippen LogP contribution in [0.3, 0.4) is 0 Å². The molecular weight excluding hydrogens is 388 g/mol. The minimum absolute atomic E-state index is 0.0331. The number of amides is 1. The molecule has 0 fully saturated rings. The summed E-state index contributed by atoms with van der Waals surface area (Å²) in [5.74, 6) is 1.09. The third kappa shape index (κ3) is 3.82. The first-order valence-corrected chi connectivity index (χ1v) is 10.1. The fourth-order valence-corrected chi connectivity index (χ4v) is 3.58. The van der Waals surface area contributed by atoms with E-state index in [9.17, 15) is 13.2 Å². The third-order valence-corrected chi connectivity index (χ3v) is 5.38. The highest BCUT2D eigenvalue weighted by molar-refractivity contribution is 7.89. The van der Waals surface area contributed by atoms with Gasteiger partial charge in [-0.25, -0.2) is 8.42 Å². The number of rotatable bonds is 4. The van der Waals surface area contributed by atoms with E-state index >= 15 is 0 Å². The van der Waals surface area contributed by atoms with Crippen molar-refractivity contribution in [1.82, 2.24) is 10.3 Å². The van der Waals surface area contributed by atoms with Gasteiger partial charge in [0.25, 0.3) is 15.9 Å². The first kappa shape index (κ1) is 18.4. The van der Waals surface area contributed by atoms with Crippen LogP contribution in [0.15, 0.2) is 47.4 Å². The Morgan fingerprint density at radius 2 is 1.64 bits per heavy atom. The van der Waals surface area contributed by atoms with Gasteiger partial charge >= 0.3 is 0 Å². The molecule has 10 heteroatoms. The van der Waals surface area contributed by atoms with Crippen molar-refractivity contribution in [3.05, 3.63) is 42.5 Å². The summed E-state index contributed by atoms with van der Waals surface area (Å²) in [4.78, 5) is 14.3. The fourth-order valence-electron chi connectivity index (χ4n) is 2.72. The van der Waals surface area contributed by atoms with E-state index in [4.69, 9.17) is 18.9 Å². The highest BCUT2D eigenvalue weighted by Gasteiger charge is 2.28. The van der Waals surface area contributed by atoms with E-state index in [0.717, 1.165) is 0 Å². The molecule has 0 unspecified atom stereocenters. The van der Waals surface area contributed by atoms with Crippen molar-refractivity contribution >= 4 is 15.9 Å². The summed E-state index contributed by atoms with van der Waals surface area (Å²) in [7, 11) is -4.01. The van der Waals surface area contributed by atoms with Gasteiger partial charge in [0.1, 0.15) is 6.61 Å². The number of fused-ring (bicyclic) bond motifs is 2. The zero-order chi connectivity index (χ0) is 19.6. The van der Waals surface area contributed by atoms with Crippen molar-refractivity contribution in [3.8, 4) is 23.0 Å². The van der Waals surface area contributed by atoms with Crippen LogP contribution in [0, 0.1) is 0 Å². The normalized spacial score (nSPS) is 18.1. The lowest BCUT2D eigenvalue weighted by atomic mass is 10.2. The van der Waals surface area contributed by atoms with E-state index in [1.54, 1.807) is 24.3 Å². The van der Waals surface area contributed by atoms with Gasteiger partial charge < -0.3 is 18.9 Å². The second kappa shape index (κ2) is 7.56. The van der Waals surface area contributed by atoms with Crippen molar-refractivity contribution in [1.29, 1.82) is 0 Å². The number of sulfonamides is 1. The molecule has 0 aliphatic carbocycles. The zero-order valence-corrected chi connectivity index (χ0v) is 15.5. The van der Waals surface area contributed by atoms with Crippen LogP contribution in [0.25, 0.3) is 0 Å². The van der Waals surface area contributed by atoms with Crippen LogP contribution in [-0.4, -0.2) is 40.2 Å². The molecule has 0 radical (unpaired) electrons. The Morgan fingerprint density at radius 3 is 2.46 bits per heavy atom. The Kier molecular flexibility index (Phi) is 4.97. The molecule has 148 valence electrons. The molecule has 0 bridgehead atoms. The van der Waals surface area contributed by atoms with E-state index in [1.807, 2.05) is 0 Å². The molecule has 0 aromatic heterocycles. The second-order valence-electron chi connectivity index (χ2n) is 6.12. The van der Waals surface area contributed by atoms with Crippen molar-refractivity contribution < 1.29 is 32.2 Å². The predicted molar refractivity (Wildman–Crippen MR) is 96.9 cm³/mol. The van der Waals surface area contributed by atoms with Crippen LogP contribution in [0.5, 0.6) is 23.0 Å². The molecule has 2 aliphatic rings. The number of para-hydroxylation sites is 2. The van der Waals surface area contributed by atoms with E-state index in [0.29, 0.717) is 42.6 Å². The van der Waals surface area contributed by atoms with Gasteiger partial charge in [0.15, 0.2) is 23.0 Å². The van der Waals surface area contributed by atoms with Crippen molar-refractivity contribution in [3.63, 3.8) is 0 Å². The Balaban J connectivity index is 1.41. The number of carbonyl (C=O) groups is 1. The van der Waals surface area contributed by atoms with Crippen LogP contribution < -0.4 is 29.2 Å². The lowest BCUT2D eigenvalue weighted by Crippen LogP contribution is -2.50. The molecular formula is C18H18N2O7S. The Bertz CT molecular complexity index is 993. The maximum atomic E-state index is 12.5. The molecule has 28 heavy (non-hydrogen) atoms. The standard InChI is InChI=1S/C18H18N2O7S/c21-18(17-11-26-13-4-1-2-5-15(13)27-17)19-20-28(22,23)12-6-7-14-16(10-12)25-9-3-8-24-14/h1-2,4-7,10,17,20H,3,8-9,11H2,(H,19,21)/t17-/m0/s1. The summed E-state index contributed by atoms with van der Waals surface area (Å²) in [6, 6.07) is 11.2. The molecule has 0 saturated carbocycles. The van der Waals surface area contributed by atoms with Crippen molar-refractivity contribution in [2.75, 3.05) is 19.8 Å². The lowest BCUT2D eigenvalue weighted by Gasteiger charge is -2.25. The largest absolute Gasteiger partial charge is 0.490 e. The van der Waals surface area contributed by atoms with E-state index in [1.165, 1.54) is 18.2 Å². The molecule has 4 rings (SSSR count). The molecule has 2 N–H and O–H groups in total. The van der Waals surface area contributed by atoms with Crippen LogP contribution in [0.1, 0.15) is 6.42 Å². The SMILES string of the molecule is O=C(NNS(=O)(=O)c1ccc2c(c1)OCCCO2)[C@@H]1COc2ccccc2O1. The first-order chi connectivity index (χ1) is 13.5. The number of nitrogens with one attached hydrogen (secondary N) is 2. The van der Waals surface area contributed by atoms with E-state index in [-0.39, 0.29) is 11.5 Å². The molecule has 2 aromatic carbocycles. The van der Waals surface area contributed by atoms with Gasteiger partial charge in [-0.05, 0) is 24.3 Å². The predicted octanol–water partition coefficient (Wildman–Crippen LogP) is 0.997. The van der Waals surface area contributed by atoms with Crippen LogP contribution in [0.4, 0.5) is 0 Å².